The van der Waals surface area contributed by atoms with E-state index < -0.39 is 0 Å². The van der Waals surface area contributed by atoms with Crippen molar-refractivity contribution in [2.45, 2.75) is 12.8 Å². The fourth-order valence-electron chi connectivity index (χ4n) is 5.05. The van der Waals surface area contributed by atoms with Gasteiger partial charge in [-0.3, -0.25) is 0 Å². The van der Waals surface area contributed by atoms with E-state index in [-0.39, 0.29) is 5.82 Å². The minimum absolute atomic E-state index is 0.211. The summed E-state index contributed by atoms with van der Waals surface area (Å²) in [5, 5.41) is 0. The molecule has 5 aromatic rings. The van der Waals surface area contributed by atoms with Gasteiger partial charge in [0, 0.05) is 18.8 Å². The Hall–Kier alpha value is -4.69. The van der Waals surface area contributed by atoms with E-state index in [0.29, 0.717) is 0 Å². The van der Waals surface area contributed by atoms with Crippen LogP contribution in [0.15, 0.2) is 158 Å². The first-order chi connectivity index (χ1) is 19.8. The summed E-state index contributed by atoms with van der Waals surface area (Å²) in [7, 11) is 0. The van der Waals surface area contributed by atoms with Crippen LogP contribution in [0.2, 0.25) is 0 Å². The molecule has 40 heavy (non-hydrogen) atoms. The Morgan fingerprint density at radius 3 is 1.20 bits per heavy atom. The van der Waals surface area contributed by atoms with Crippen molar-refractivity contribution < 1.29 is 4.39 Å². The maximum atomic E-state index is 14.3. The van der Waals surface area contributed by atoms with Crippen LogP contribution in [-0.4, -0.2) is 13.1 Å². The Morgan fingerprint density at radius 2 is 0.850 bits per heavy atom. The van der Waals surface area contributed by atoms with Crippen molar-refractivity contribution in [3.05, 3.63) is 186 Å². The van der Waals surface area contributed by atoms with E-state index >= 15 is 0 Å². The average Bonchev–Trinajstić information content (AvgIpc) is 3.02. The topological polar surface area (TPSA) is 3.24 Å². The van der Waals surface area contributed by atoms with Crippen molar-refractivity contribution in [2.24, 2.45) is 0 Å². The molecule has 0 spiro atoms. The molecule has 0 aromatic heterocycles. The Kier molecular flexibility index (Phi) is 9.36. The normalized spacial score (nSPS) is 10.5. The van der Waals surface area contributed by atoms with E-state index in [1.54, 1.807) is 12.1 Å². The fourth-order valence-corrected chi connectivity index (χ4v) is 5.05. The molecule has 0 bridgehead atoms. The van der Waals surface area contributed by atoms with Crippen LogP contribution in [0.4, 0.5) is 10.1 Å². The van der Waals surface area contributed by atoms with Gasteiger partial charge in [0.1, 0.15) is 5.82 Å². The second-order valence-corrected chi connectivity index (χ2v) is 9.74. The molecular weight excluding hydrogens is 489 g/mol. The van der Waals surface area contributed by atoms with Gasteiger partial charge in [0.15, 0.2) is 0 Å². The third-order valence-corrected chi connectivity index (χ3v) is 7.01. The molecular formula is C38H34FN. The van der Waals surface area contributed by atoms with Gasteiger partial charge in [-0.25, -0.2) is 4.39 Å². The number of rotatable bonds is 11. The first-order valence-corrected chi connectivity index (χ1v) is 13.9. The van der Waals surface area contributed by atoms with E-state index in [9.17, 15) is 4.39 Å². The highest BCUT2D eigenvalue weighted by molar-refractivity contribution is 5.80. The van der Waals surface area contributed by atoms with E-state index in [0.717, 1.165) is 31.6 Å². The van der Waals surface area contributed by atoms with E-state index in [2.05, 4.69) is 114 Å². The fraction of sp³-hybridized carbons (Fsp3) is 0.105. The zero-order chi connectivity index (χ0) is 27.4. The highest BCUT2D eigenvalue weighted by Gasteiger charge is 2.10. The van der Waals surface area contributed by atoms with Crippen LogP contribution in [-0.2, 0) is 0 Å². The Morgan fingerprint density at radius 1 is 0.475 bits per heavy atom. The van der Waals surface area contributed by atoms with Crippen LogP contribution in [0.1, 0.15) is 35.1 Å². The molecule has 198 valence electrons. The number of nitrogens with zero attached hydrogens (tertiary/aromatic N) is 1. The molecule has 0 unspecified atom stereocenters. The second kappa shape index (κ2) is 13.9. The molecule has 5 rings (SSSR count). The third kappa shape index (κ3) is 7.24. The first-order valence-electron chi connectivity index (χ1n) is 13.9. The Bertz CT molecular complexity index is 1340. The highest BCUT2D eigenvalue weighted by atomic mass is 19.1. The summed E-state index contributed by atoms with van der Waals surface area (Å²) in [6, 6.07) is 49.0. The van der Waals surface area contributed by atoms with Crippen LogP contribution in [0, 0.1) is 5.82 Å². The number of anilines is 1. The number of hydrogen-bond donors (Lipinski definition) is 0. The van der Waals surface area contributed by atoms with Crippen molar-refractivity contribution in [3.63, 3.8) is 0 Å². The van der Waals surface area contributed by atoms with Gasteiger partial charge in [-0.15, -0.1) is 0 Å². The predicted octanol–water partition coefficient (Wildman–Crippen LogP) is 9.68. The van der Waals surface area contributed by atoms with Crippen LogP contribution < -0.4 is 4.90 Å². The standard InChI is InChI=1S/C38H34FN/c39-35-24-13-25-36(30-35)40(28-14-26-37(31-16-5-1-6-17-31)32-18-7-2-8-19-32)29-15-27-38(33-20-9-3-10-21-33)34-22-11-4-12-23-34/h1-13,16-27,30H,14-15,28-29H2. The summed E-state index contributed by atoms with van der Waals surface area (Å²) in [4.78, 5) is 2.29. The van der Waals surface area contributed by atoms with Crippen LogP contribution in [0.25, 0.3) is 11.1 Å². The molecule has 0 heterocycles. The zero-order valence-corrected chi connectivity index (χ0v) is 22.7. The summed E-state index contributed by atoms with van der Waals surface area (Å²) < 4.78 is 14.3. The number of benzene rings is 5. The SMILES string of the molecule is Fc1cccc(N(CCC=C(c2ccccc2)c2ccccc2)CCC=C(c2ccccc2)c2ccccc2)c1. The molecule has 0 amide bonds. The third-order valence-electron chi connectivity index (χ3n) is 7.01. The van der Waals surface area contributed by atoms with Gasteiger partial charge in [0.25, 0.3) is 0 Å². The quantitative estimate of drug-likeness (QED) is 0.167. The molecule has 1 nitrogen and oxygen atoms in total. The highest BCUT2D eigenvalue weighted by Crippen LogP contribution is 2.26. The van der Waals surface area contributed by atoms with Gasteiger partial charge < -0.3 is 4.90 Å². The van der Waals surface area contributed by atoms with Gasteiger partial charge in [-0.1, -0.05) is 140 Å². The first kappa shape index (κ1) is 26.9. The summed E-state index contributed by atoms with van der Waals surface area (Å²) in [5.41, 5.74) is 8.14. The van der Waals surface area contributed by atoms with E-state index in [4.69, 9.17) is 0 Å². The van der Waals surface area contributed by atoms with Gasteiger partial charge >= 0.3 is 0 Å². The van der Waals surface area contributed by atoms with Crippen molar-refractivity contribution >= 4 is 16.8 Å². The van der Waals surface area contributed by atoms with Crippen LogP contribution in [0.5, 0.6) is 0 Å². The largest absolute Gasteiger partial charge is 0.371 e. The Balaban J connectivity index is 1.39. The number of halogens is 1. The predicted molar refractivity (Wildman–Crippen MR) is 168 cm³/mol. The molecule has 0 aliphatic heterocycles. The lowest BCUT2D eigenvalue weighted by Crippen LogP contribution is -2.25. The van der Waals surface area contributed by atoms with Crippen molar-refractivity contribution in [1.82, 2.24) is 0 Å². The van der Waals surface area contributed by atoms with Crippen LogP contribution in [0.3, 0.4) is 0 Å². The molecule has 2 heteroatoms. The van der Waals surface area contributed by atoms with E-state index in [1.165, 1.54) is 39.5 Å². The molecule has 0 aliphatic rings. The lowest BCUT2D eigenvalue weighted by Gasteiger charge is -2.24. The van der Waals surface area contributed by atoms with Gasteiger partial charge in [-0.2, -0.15) is 0 Å². The minimum atomic E-state index is -0.211. The smallest absolute Gasteiger partial charge is 0.125 e. The molecule has 5 aromatic carbocycles. The molecule has 0 saturated carbocycles. The molecule has 0 saturated heterocycles. The lowest BCUT2D eigenvalue weighted by molar-refractivity contribution is 0.626. The van der Waals surface area contributed by atoms with Crippen LogP contribution >= 0.6 is 0 Å². The lowest BCUT2D eigenvalue weighted by atomic mass is 9.96. The monoisotopic (exact) mass is 523 g/mol. The van der Waals surface area contributed by atoms with Gasteiger partial charge in [0.2, 0.25) is 0 Å². The van der Waals surface area contributed by atoms with Gasteiger partial charge in [-0.05, 0) is 64.4 Å². The molecule has 0 N–H and O–H groups in total. The summed E-state index contributed by atoms with van der Waals surface area (Å²) in [5.74, 6) is -0.211. The Labute approximate surface area is 237 Å². The zero-order valence-electron chi connectivity index (χ0n) is 22.7. The summed E-state index contributed by atoms with van der Waals surface area (Å²) in [6.45, 7) is 1.57. The molecule has 0 atom stereocenters. The maximum absolute atomic E-state index is 14.3. The maximum Gasteiger partial charge on any atom is 0.125 e. The van der Waals surface area contributed by atoms with Crippen molar-refractivity contribution in [2.75, 3.05) is 18.0 Å². The summed E-state index contributed by atoms with van der Waals surface area (Å²) >= 11 is 0. The van der Waals surface area contributed by atoms with Crippen molar-refractivity contribution in [1.29, 1.82) is 0 Å². The van der Waals surface area contributed by atoms with Crippen molar-refractivity contribution in [3.8, 4) is 0 Å². The summed E-state index contributed by atoms with van der Waals surface area (Å²) in [6.07, 6.45) is 6.30. The molecule has 0 fully saturated rings. The average molecular weight is 524 g/mol. The van der Waals surface area contributed by atoms with Gasteiger partial charge in [0.05, 0.1) is 0 Å². The minimum Gasteiger partial charge on any atom is -0.371 e. The second-order valence-electron chi connectivity index (χ2n) is 9.74. The molecule has 0 aliphatic carbocycles. The number of hydrogen-bond acceptors (Lipinski definition) is 1. The molecule has 0 radical (unpaired) electrons. The van der Waals surface area contributed by atoms with E-state index in [1.807, 2.05) is 30.3 Å².